The minimum absolute atomic E-state index is 0.117. The zero-order valence-electron chi connectivity index (χ0n) is 11.3. The Morgan fingerprint density at radius 3 is 2.37 bits per heavy atom. The van der Waals surface area contributed by atoms with Crippen LogP contribution in [0.3, 0.4) is 0 Å². The molecule has 0 saturated carbocycles. The number of hydrogen-bond acceptors (Lipinski definition) is 5. The van der Waals surface area contributed by atoms with Gasteiger partial charge in [-0.05, 0) is 19.8 Å². The van der Waals surface area contributed by atoms with Crippen LogP contribution in [0.4, 0.5) is 0 Å². The third-order valence-corrected chi connectivity index (χ3v) is 2.52. The fraction of sp³-hybridized carbons (Fsp3) is 0.500. The number of carbonyl (C=O) groups is 1. The minimum atomic E-state index is -0.721. The van der Waals surface area contributed by atoms with Gasteiger partial charge in [0.2, 0.25) is 0 Å². The predicted molar refractivity (Wildman–Crippen MR) is 70.3 cm³/mol. The fourth-order valence-corrected chi connectivity index (χ4v) is 1.65. The number of hydrogen-bond donors (Lipinski definition) is 2. The number of esters is 1. The lowest BCUT2D eigenvalue weighted by molar-refractivity contribution is -0.151. The van der Waals surface area contributed by atoms with Crippen molar-refractivity contribution in [1.82, 2.24) is 0 Å². The molecule has 0 fully saturated rings. The molecule has 0 aliphatic rings. The summed E-state index contributed by atoms with van der Waals surface area (Å²) in [6.45, 7) is 4.04. The number of rotatable bonds is 7. The Bertz CT molecular complexity index is 396. The van der Waals surface area contributed by atoms with E-state index < -0.39 is 12.1 Å². The molecule has 1 aromatic carbocycles. The first-order chi connectivity index (χ1) is 9.06. The highest BCUT2D eigenvalue weighted by Crippen LogP contribution is 2.27. The molecule has 1 atom stereocenters. The summed E-state index contributed by atoms with van der Waals surface area (Å²) in [7, 11) is 0. The van der Waals surface area contributed by atoms with Gasteiger partial charge in [-0.2, -0.15) is 0 Å². The molecule has 0 saturated heterocycles. The van der Waals surface area contributed by atoms with E-state index in [4.69, 9.17) is 9.47 Å². The molecule has 1 rings (SSSR count). The number of carbonyl (C=O) groups excluding carboxylic acids is 1. The SMILES string of the molecule is CCCC[C@@H](Oc1cc(O)cc(O)c1)C(=O)OCC. The summed E-state index contributed by atoms with van der Waals surface area (Å²) in [4.78, 5) is 11.8. The van der Waals surface area contributed by atoms with Gasteiger partial charge in [-0.3, -0.25) is 0 Å². The lowest BCUT2D eigenvalue weighted by atomic mass is 10.1. The molecule has 5 nitrogen and oxygen atoms in total. The van der Waals surface area contributed by atoms with E-state index >= 15 is 0 Å². The quantitative estimate of drug-likeness (QED) is 0.743. The number of aromatic hydroxyl groups is 2. The van der Waals surface area contributed by atoms with Crippen LogP contribution >= 0.6 is 0 Å². The van der Waals surface area contributed by atoms with E-state index in [0.717, 1.165) is 12.8 Å². The standard InChI is InChI=1S/C14H20O5/c1-3-5-6-13(14(17)18-4-2)19-12-8-10(15)7-11(16)9-12/h7-9,13,15-16H,3-6H2,1-2H3/t13-/m1/s1. The van der Waals surface area contributed by atoms with Crippen molar-refractivity contribution in [1.29, 1.82) is 0 Å². The van der Waals surface area contributed by atoms with E-state index in [1.165, 1.54) is 18.2 Å². The summed E-state index contributed by atoms with van der Waals surface area (Å²) in [5, 5.41) is 18.7. The van der Waals surface area contributed by atoms with Crippen molar-refractivity contribution >= 4 is 5.97 Å². The van der Waals surface area contributed by atoms with Gasteiger partial charge in [0.15, 0.2) is 6.10 Å². The summed E-state index contributed by atoms with van der Waals surface area (Å²) in [6.07, 6.45) is 1.58. The van der Waals surface area contributed by atoms with Gasteiger partial charge < -0.3 is 19.7 Å². The molecular weight excluding hydrogens is 248 g/mol. The van der Waals surface area contributed by atoms with Gasteiger partial charge in [0, 0.05) is 18.2 Å². The number of benzene rings is 1. The third-order valence-electron chi connectivity index (χ3n) is 2.52. The van der Waals surface area contributed by atoms with Crippen LogP contribution in [-0.4, -0.2) is 28.9 Å². The maximum atomic E-state index is 11.8. The van der Waals surface area contributed by atoms with E-state index in [0.29, 0.717) is 6.42 Å². The first-order valence-corrected chi connectivity index (χ1v) is 6.43. The van der Waals surface area contributed by atoms with Crippen LogP contribution in [0.25, 0.3) is 0 Å². The molecule has 19 heavy (non-hydrogen) atoms. The van der Waals surface area contributed by atoms with Crippen LogP contribution in [0.2, 0.25) is 0 Å². The smallest absolute Gasteiger partial charge is 0.347 e. The highest BCUT2D eigenvalue weighted by atomic mass is 16.6. The van der Waals surface area contributed by atoms with E-state index in [9.17, 15) is 15.0 Å². The maximum absolute atomic E-state index is 11.8. The van der Waals surface area contributed by atoms with Crippen LogP contribution in [0.1, 0.15) is 33.1 Å². The molecule has 0 bridgehead atoms. The highest BCUT2D eigenvalue weighted by molar-refractivity contribution is 5.75. The van der Waals surface area contributed by atoms with Gasteiger partial charge in [0.25, 0.3) is 0 Å². The monoisotopic (exact) mass is 268 g/mol. The number of phenolic OH excluding ortho intramolecular Hbond substituents is 2. The second-order valence-corrected chi connectivity index (χ2v) is 4.19. The van der Waals surface area contributed by atoms with Crippen molar-refractivity contribution < 1.29 is 24.5 Å². The summed E-state index contributed by atoms with van der Waals surface area (Å²) in [6, 6.07) is 3.88. The number of unbranched alkanes of at least 4 members (excludes halogenated alkanes) is 1. The molecule has 106 valence electrons. The number of ether oxygens (including phenoxy) is 2. The molecule has 5 heteroatoms. The summed E-state index contributed by atoms with van der Waals surface area (Å²) in [5.74, 6) is -0.424. The molecule has 0 heterocycles. The second-order valence-electron chi connectivity index (χ2n) is 4.19. The molecule has 2 N–H and O–H groups in total. The predicted octanol–water partition coefficient (Wildman–Crippen LogP) is 2.60. The Morgan fingerprint density at radius 1 is 1.21 bits per heavy atom. The maximum Gasteiger partial charge on any atom is 0.347 e. The average Bonchev–Trinajstić information content (AvgIpc) is 2.33. The van der Waals surface area contributed by atoms with Gasteiger partial charge in [-0.1, -0.05) is 13.3 Å². The van der Waals surface area contributed by atoms with Crippen molar-refractivity contribution in [2.45, 2.75) is 39.2 Å². The zero-order valence-corrected chi connectivity index (χ0v) is 11.3. The van der Waals surface area contributed by atoms with E-state index in [-0.39, 0.29) is 23.9 Å². The molecular formula is C14H20O5. The van der Waals surface area contributed by atoms with Crippen LogP contribution < -0.4 is 4.74 Å². The Balaban J connectivity index is 2.77. The average molecular weight is 268 g/mol. The Labute approximate surface area is 112 Å². The molecule has 0 amide bonds. The van der Waals surface area contributed by atoms with E-state index in [2.05, 4.69) is 0 Å². The largest absolute Gasteiger partial charge is 0.508 e. The van der Waals surface area contributed by atoms with Crippen molar-refractivity contribution in [2.75, 3.05) is 6.61 Å². The van der Waals surface area contributed by atoms with Gasteiger partial charge >= 0.3 is 5.97 Å². The first-order valence-electron chi connectivity index (χ1n) is 6.43. The van der Waals surface area contributed by atoms with E-state index in [1.807, 2.05) is 6.92 Å². The summed E-state index contributed by atoms with van der Waals surface area (Å²) in [5.41, 5.74) is 0. The van der Waals surface area contributed by atoms with Crippen LogP contribution in [-0.2, 0) is 9.53 Å². The van der Waals surface area contributed by atoms with E-state index in [1.54, 1.807) is 6.92 Å². The van der Waals surface area contributed by atoms with Crippen LogP contribution in [0.15, 0.2) is 18.2 Å². The first kappa shape index (κ1) is 15.1. The van der Waals surface area contributed by atoms with Crippen molar-refractivity contribution in [3.63, 3.8) is 0 Å². The molecule has 0 aliphatic carbocycles. The molecule has 0 radical (unpaired) electrons. The molecule has 0 aliphatic heterocycles. The van der Waals surface area contributed by atoms with Crippen molar-refractivity contribution in [2.24, 2.45) is 0 Å². The highest BCUT2D eigenvalue weighted by Gasteiger charge is 2.21. The minimum Gasteiger partial charge on any atom is -0.508 e. The second kappa shape index (κ2) is 7.51. The Morgan fingerprint density at radius 2 is 1.84 bits per heavy atom. The molecule has 0 aromatic heterocycles. The number of phenols is 2. The molecule has 0 unspecified atom stereocenters. The summed E-state index contributed by atoms with van der Waals surface area (Å²) < 4.78 is 10.4. The van der Waals surface area contributed by atoms with Crippen LogP contribution in [0, 0.1) is 0 Å². The fourth-order valence-electron chi connectivity index (χ4n) is 1.65. The van der Waals surface area contributed by atoms with Gasteiger partial charge in [0.05, 0.1) is 6.61 Å². The molecule has 1 aromatic rings. The topological polar surface area (TPSA) is 76.0 Å². The lowest BCUT2D eigenvalue weighted by Crippen LogP contribution is -2.29. The zero-order chi connectivity index (χ0) is 14.3. The van der Waals surface area contributed by atoms with Crippen LogP contribution in [0.5, 0.6) is 17.2 Å². The summed E-state index contributed by atoms with van der Waals surface area (Å²) >= 11 is 0. The lowest BCUT2D eigenvalue weighted by Gasteiger charge is -2.17. The Hall–Kier alpha value is -1.91. The normalized spacial score (nSPS) is 11.9. The van der Waals surface area contributed by atoms with Crippen molar-refractivity contribution in [3.05, 3.63) is 18.2 Å². The van der Waals surface area contributed by atoms with Gasteiger partial charge in [-0.25, -0.2) is 4.79 Å². The molecule has 0 spiro atoms. The Kier molecular flexibility index (Phi) is 5.99. The third kappa shape index (κ3) is 5.07. The van der Waals surface area contributed by atoms with Gasteiger partial charge in [-0.15, -0.1) is 0 Å². The van der Waals surface area contributed by atoms with Crippen molar-refractivity contribution in [3.8, 4) is 17.2 Å². The van der Waals surface area contributed by atoms with Gasteiger partial charge in [0.1, 0.15) is 17.2 Å².